The fraction of sp³-hybridized carbons (Fsp3) is 0.200. The summed E-state index contributed by atoms with van der Waals surface area (Å²) in [6.45, 7) is 0.909. The van der Waals surface area contributed by atoms with Crippen molar-refractivity contribution >= 4 is 17.6 Å². The number of aromatic nitrogens is 1. The number of carboxylic acids is 1. The molecule has 2 rings (SSSR count). The van der Waals surface area contributed by atoms with Gasteiger partial charge in [0.1, 0.15) is 11.5 Å². The Morgan fingerprint density at radius 1 is 1.10 bits per heavy atom. The van der Waals surface area contributed by atoms with Crippen LogP contribution in [0.1, 0.15) is 16.8 Å². The molecule has 5 nitrogen and oxygen atoms in total. The second-order valence-electron chi connectivity index (χ2n) is 4.22. The van der Waals surface area contributed by atoms with Gasteiger partial charge in [-0.2, -0.15) is 0 Å². The van der Waals surface area contributed by atoms with Gasteiger partial charge in [0.05, 0.1) is 25.0 Å². The fourth-order valence-corrected chi connectivity index (χ4v) is 1.71. The second-order valence-corrected chi connectivity index (χ2v) is 4.66. The SMILES string of the molecule is O=C(O)c1cncc(OCCCOc2ccc(Cl)cc2)c1. The molecule has 0 radical (unpaired) electrons. The Kier molecular flexibility index (Phi) is 5.40. The van der Waals surface area contributed by atoms with Crippen LogP contribution in [0.4, 0.5) is 0 Å². The average Bonchev–Trinajstić information content (AvgIpc) is 2.49. The summed E-state index contributed by atoms with van der Waals surface area (Å²) < 4.78 is 10.9. The molecule has 0 aliphatic heterocycles. The maximum absolute atomic E-state index is 10.8. The maximum atomic E-state index is 10.8. The summed E-state index contributed by atoms with van der Waals surface area (Å²) >= 11 is 5.78. The van der Waals surface area contributed by atoms with Gasteiger partial charge in [-0.1, -0.05) is 11.6 Å². The summed E-state index contributed by atoms with van der Waals surface area (Å²) in [4.78, 5) is 14.6. The first-order chi connectivity index (χ1) is 10.1. The number of pyridine rings is 1. The predicted molar refractivity (Wildman–Crippen MR) is 78.3 cm³/mol. The van der Waals surface area contributed by atoms with Gasteiger partial charge in [-0.25, -0.2) is 4.79 Å². The highest BCUT2D eigenvalue weighted by Crippen LogP contribution is 2.16. The minimum absolute atomic E-state index is 0.102. The van der Waals surface area contributed by atoms with Gasteiger partial charge >= 0.3 is 5.97 Å². The molecule has 0 atom stereocenters. The number of rotatable bonds is 7. The number of hydrogen-bond donors (Lipinski definition) is 1. The van der Waals surface area contributed by atoms with E-state index in [0.717, 1.165) is 5.75 Å². The van der Waals surface area contributed by atoms with Crippen LogP contribution in [0.15, 0.2) is 42.7 Å². The minimum Gasteiger partial charge on any atom is -0.493 e. The zero-order valence-electron chi connectivity index (χ0n) is 11.2. The summed E-state index contributed by atoms with van der Waals surface area (Å²) in [7, 11) is 0. The Morgan fingerprint density at radius 3 is 2.43 bits per heavy atom. The van der Waals surface area contributed by atoms with Crippen LogP contribution >= 0.6 is 11.6 Å². The van der Waals surface area contributed by atoms with Crippen molar-refractivity contribution < 1.29 is 19.4 Å². The summed E-state index contributed by atoms with van der Waals surface area (Å²) in [6, 6.07) is 8.55. The highest BCUT2D eigenvalue weighted by Gasteiger charge is 2.04. The van der Waals surface area contributed by atoms with Gasteiger partial charge in [-0.15, -0.1) is 0 Å². The van der Waals surface area contributed by atoms with Crippen molar-refractivity contribution in [2.45, 2.75) is 6.42 Å². The number of nitrogens with zero attached hydrogens (tertiary/aromatic N) is 1. The Bertz CT molecular complexity index is 601. The van der Waals surface area contributed by atoms with Gasteiger partial charge in [0.25, 0.3) is 0 Å². The quantitative estimate of drug-likeness (QED) is 0.795. The van der Waals surface area contributed by atoms with Gasteiger partial charge in [0, 0.05) is 17.6 Å². The monoisotopic (exact) mass is 307 g/mol. The molecule has 0 unspecified atom stereocenters. The Hall–Kier alpha value is -2.27. The molecule has 0 saturated heterocycles. The molecule has 0 spiro atoms. The predicted octanol–water partition coefficient (Wildman–Crippen LogP) is 3.28. The van der Waals surface area contributed by atoms with Crippen LogP contribution in [-0.2, 0) is 0 Å². The Morgan fingerprint density at radius 2 is 1.76 bits per heavy atom. The molecule has 0 fully saturated rings. The zero-order chi connectivity index (χ0) is 15.1. The number of hydrogen-bond acceptors (Lipinski definition) is 4. The lowest BCUT2D eigenvalue weighted by molar-refractivity contribution is 0.0695. The first-order valence-corrected chi connectivity index (χ1v) is 6.72. The standard InChI is InChI=1S/C15H14ClNO4/c16-12-2-4-13(5-3-12)20-6-1-7-21-14-8-11(15(18)19)9-17-10-14/h2-5,8-10H,1,6-7H2,(H,18,19). The molecule has 1 aromatic carbocycles. The van der Waals surface area contributed by atoms with E-state index in [1.54, 1.807) is 24.3 Å². The van der Waals surface area contributed by atoms with Gasteiger partial charge < -0.3 is 14.6 Å². The first kappa shape index (κ1) is 15.1. The summed E-state index contributed by atoms with van der Waals surface area (Å²) in [5, 5.41) is 9.50. The van der Waals surface area contributed by atoms with E-state index in [1.165, 1.54) is 18.5 Å². The summed E-state index contributed by atoms with van der Waals surface area (Å²) in [6.07, 6.45) is 3.42. The van der Waals surface area contributed by atoms with Crippen LogP contribution < -0.4 is 9.47 Å². The van der Waals surface area contributed by atoms with Gasteiger partial charge in [-0.3, -0.25) is 4.98 Å². The largest absolute Gasteiger partial charge is 0.493 e. The molecule has 6 heteroatoms. The van der Waals surface area contributed by atoms with Crippen LogP contribution in [0.2, 0.25) is 5.02 Å². The molecule has 0 bridgehead atoms. The highest BCUT2D eigenvalue weighted by molar-refractivity contribution is 6.30. The number of carboxylic acid groups (broad SMARTS) is 1. The lowest BCUT2D eigenvalue weighted by Gasteiger charge is -2.08. The van der Waals surface area contributed by atoms with Crippen LogP contribution in [0.5, 0.6) is 11.5 Å². The summed E-state index contributed by atoms with van der Waals surface area (Å²) in [5.41, 5.74) is 0.102. The third-order valence-electron chi connectivity index (χ3n) is 2.60. The molecule has 0 aliphatic rings. The van der Waals surface area contributed by atoms with Crippen molar-refractivity contribution in [1.29, 1.82) is 0 Å². The second kappa shape index (κ2) is 7.50. The molecule has 1 N–H and O–H groups in total. The van der Waals surface area contributed by atoms with E-state index in [2.05, 4.69) is 4.98 Å². The zero-order valence-corrected chi connectivity index (χ0v) is 11.9. The molecule has 0 aliphatic carbocycles. The number of halogens is 1. The molecule has 0 amide bonds. The summed E-state index contributed by atoms with van der Waals surface area (Å²) in [5.74, 6) is 0.148. The molecule has 2 aromatic rings. The molecule has 1 aromatic heterocycles. The van der Waals surface area contributed by atoms with Gasteiger partial charge in [-0.05, 0) is 30.3 Å². The van der Waals surface area contributed by atoms with E-state index >= 15 is 0 Å². The molecular weight excluding hydrogens is 294 g/mol. The van der Waals surface area contributed by atoms with Crippen molar-refractivity contribution in [3.63, 3.8) is 0 Å². The van der Waals surface area contributed by atoms with Gasteiger partial charge in [0.15, 0.2) is 0 Å². The third-order valence-corrected chi connectivity index (χ3v) is 2.85. The maximum Gasteiger partial charge on any atom is 0.337 e. The highest BCUT2D eigenvalue weighted by atomic mass is 35.5. The fourth-order valence-electron chi connectivity index (χ4n) is 1.58. The minimum atomic E-state index is -1.03. The first-order valence-electron chi connectivity index (χ1n) is 6.34. The molecule has 0 saturated carbocycles. The smallest absolute Gasteiger partial charge is 0.337 e. The van der Waals surface area contributed by atoms with Crippen molar-refractivity contribution in [3.8, 4) is 11.5 Å². The number of ether oxygens (including phenoxy) is 2. The van der Waals surface area contributed by atoms with Gasteiger partial charge in [0.2, 0.25) is 0 Å². The van der Waals surface area contributed by atoms with E-state index in [4.69, 9.17) is 26.2 Å². The van der Waals surface area contributed by atoms with Crippen LogP contribution in [-0.4, -0.2) is 29.3 Å². The molecule has 21 heavy (non-hydrogen) atoms. The third kappa shape index (κ3) is 4.96. The van der Waals surface area contributed by atoms with E-state index < -0.39 is 5.97 Å². The van der Waals surface area contributed by atoms with Crippen molar-refractivity contribution in [2.24, 2.45) is 0 Å². The lowest BCUT2D eigenvalue weighted by Crippen LogP contribution is -2.06. The topological polar surface area (TPSA) is 68.7 Å². The lowest BCUT2D eigenvalue weighted by atomic mass is 10.3. The number of aromatic carboxylic acids is 1. The molecular formula is C15H14ClNO4. The Labute approximate surface area is 127 Å². The van der Waals surface area contributed by atoms with Crippen molar-refractivity contribution in [3.05, 3.63) is 53.3 Å². The van der Waals surface area contributed by atoms with Crippen LogP contribution in [0.25, 0.3) is 0 Å². The van der Waals surface area contributed by atoms with Crippen LogP contribution in [0, 0.1) is 0 Å². The van der Waals surface area contributed by atoms with E-state index in [-0.39, 0.29) is 5.56 Å². The van der Waals surface area contributed by atoms with E-state index in [1.807, 2.05) is 0 Å². The number of carbonyl (C=O) groups is 1. The number of benzene rings is 1. The van der Waals surface area contributed by atoms with E-state index in [9.17, 15) is 4.79 Å². The molecule has 1 heterocycles. The molecule has 110 valence electrons. The van der Waals surface area contributed by atoms with Crippen molar-refractivity contribution in [2.75, 3.05) is 13.2 Å². The van der Waals surface area contributed by atoms with Crippen molar-refractivity contribution in [1.82, 2.24) is 4.98 Å². The average molecular weight is 308 g/mol. The van der Waals surface area contributed by atoms with E-state index in [0.29, 0.717) is 30.4 Å². The van der Waals surface area contributed by atoms with Crippen LogP contribution in [0.3, 0.4) is 0 Å². The Balaban J connectivity index is 1.71. The normalized spacial score (nSPS) is 10.1.